The van der Waals surface area contributed by atoms with Gasteiger partial charge in [-0.25, -0.2) is 4.79 Å². The summed E-state index contributed by atoms with van der Waals surface area (Å²) in [5.74, 6) is 0.0270. The maximum absolute atomic E-state index is 12.5. The number of benzene rings is 1. The first-order valence-electron chi connectivity index (χ1n) is 7.09. The van der Waals surface area contributed by atoms with Gasteiger partial charge >= 0.3 is 5.97 Å². The number of carbonyl (C=O) groups excluding carboxylic acids is 1. The van der Waals surface area contributed by atoms with Crippen molar-refractivity contribution < 1.29 is 14.3 Å². The number of fused-ring (bicyclic) bond motifs is 1. The van der Waals surface area contributed by atoms with Gasteiger partial charge in [0, 0.05) is 12.7 Å². The van der Waals surface area contributed by atoms with Crippen LogP contribution in [0, 0.1) is 0 Å². The van der Waals surface area contributed by atoms with Crippen LogP contribution in [0.4, 0.5) is 0 Å². The Bertz CT molecular complexity index is 718. The molecule has 1 aromatic heterocycles. The smallest absolute Gasteiger partial charge is 0.343 e. The summed E-state index contributed by atoms with van der Waals surface area (Å²) in [5, 5.41) is 0.466. The molecule has 5 nitrogen and oxygen atoms in total. The van der Waals surface area contributed by atoms with Crippen molar-refractivity contribution in [1.29, 1.82) is 0 Å². The highest BCUT2D eigenvalue weighted by atomic mass is 16.5. The molecule has 0 spiro atoms. The van der Waals surface area contributed by atoms with Gasteiger partial charge in [-0.1, -0.05) is 0 Å². The normalized spacial score (nSPS) is 10.6. The van der Waals surface area contributed by atoms with E-state index in [2.05, 4.69) is 0 Å². The lowest BCUT2D eigenvalue weighted by molar-refractivity contribution is 0.0524. The van der Waals surface area contributed by atoms with Crippen LogP contribution in [0.3, 0.4) is 0 Å². The van der Waals surface area contributed by atoms with Gasteiger partial charge in [-0.3, -0.25) is 4.79 Å². The first kappa shape index (κ1) is 15.1. The highest BCUT2D eigenvalue weighted by Gasteiger charge is 2.16. The molecule has 0 amide bonds. The number of aryl methyl sites for hydroxylation is 1. The Kier molecular flexibility index (Phi) is 4.62. The van der Waals surface area contributed by atoms with Crippen LogP contribution in [0.1, 0.15) is 31.1 Å². The molecule has 0 atom stereocenters. The molecule has 0 unspecified atom stereocenters. The molecule has 0 aliphatic carbocycles. The van der Waals surface area contributed by atoms with Crippen molar-refractivity contribution >= 4 is 16.9 Å². The van der Waals surface area contributed by atoms with Crippen LogP contribution in [-0.4, -0.2) is 23.8 Å². The summed E-state index contributed by atoms with van der Waals surface area (Å²) in [4.78, 5) is 24.4. The fourth-order valence-corrected chi connectivity index (χ4v) is 2.25. The van der Waals surface area contributed by atoms with Crippen molar-refractivity contribution in [2.75, 3.05) is 13.2 Å². The molecular weight excluding hydrogens is 270 g/mol. The summed E-state index contributed by atoms with van der Waals surface area (Å²) in [7, 11) is 0. The SMILES string of the molecule is CCOC(=O)c1cn(CC)c2ccc(OCC)cc2c1=O. The maximum atomic E-state index is 12.5. The topological polar surface area (TPSA) is 57.5 Å². The predicted molar refractivity (Wildman–Crippen MR) is 81.0 cm³/mol. The molecule has 112 valence electrons. The number of ether oxygens (including phenoxy) is 2. The fourth-order valence-electron chi connectivity index (χ4n) is 2.25. The van der Waals surface area contributed by atoms with Crippen LogP contribution in [0.5, 0.6) is 5.75 Å². The van der Waals surface area contributed by atoms with Crippen molar-refractivity contribution in [2.24, 2.45) is 0 Å². The summed E-state index contributed by atoms with van der Waals surface area (Å²) in [6.07, 6.45) is 1.56. The first-order chi connectivity index (χ1) is 10.1. The second-order valence-electron chi connectivity index (χ2n) is 4.49. The van der Waals surface area contributed by atoms with Crippen LogP contribution < -0.4 is 10.2 Å². The predicted octanol–water partition coefficient (Wildman–Crippen LogP) is 2.60. The third-order valence-electron chi connectivity index (χ3n) is 3.20. The average molecular weight is 289 g/mol. The van der Waals surface area contributed by atoms with E-state index in [1.165, 1.54) is 0 Å². The second kappa shape index (κ2) is 6.43. The Hall–Kier alpha value is -2.30. The molecule has 0 saturated carbocycles. The van der Waals surface area contributed by atoms with Crippen molar-refractivity contribution in [3.05, 3.63) is 40.2 Å². The van der Waals surface area contributed by atoms with Gasteiger partial charge < -0.3 is 14.0 Å². The van der Waals surface area contributed by atoms with E-state index in [1.807, 2.05) is 30.5 Å². The van der Waals surface area contributed by atoms with Gasteiger partial charge in [0.15, 0.2) is 0 Å². The van der Waals surface area contributed by atoms with Crippen molar-refractivity contribution in [3.63, 3.8) is 0 Å². The molecule has 2 aromatic rings. The zero-order valence-electron chi connectivity index (χ0n) is 12.5. The maximum Gasteiger partial charge on any atom is 0.343 e. The minimum atomic E-state index is -0.589. The lowest BCUT2D eigenvalue weighted by atomic mass is 10.1. The van der Waals surface area contributed by atoms with E-state index < -0.39 is 5.97 Å². The monoisotopic (exact) mass is 289 g/mol. The lowest BCUT2D eigenvalue weighted by Gasteiger charge is -2.12. The minimum Gasteiger partial charge on any atom is -0.494 e. The molecular formula is C16H19NO4. The molecule has 0 aliphatic rings. The van der Waals surface area contributed by atoms with Crippen LogP contribution in [0.15, 0.2) is 29.2 Å². The van der Waals surface area contributed by atoms with E-state index >= 15 is 0 Å². The highest BCUT2D eigenvalue weighted by Crippen LogP contribution is 2.19. The number of hydrogen-bond acceptors (Lipinski definition) is 4. The Morgan fingerprint density at radius 3 is 2.57 bits per heavy atom. The van der Waals surface area contributed by atoms with Gasteiger partial charge in [-0.05, 0) is 39.0 Å². The van der Waals surface area contributed by atoms with Gasteiger partial charge in [0.25, 0.3) is 0 Å². The van der Waals surface area contributed by atoms with E-state index in [0.29, 0.717) is 24.3 Å². The zero-order valence-corrected chi connectivity index (χ0v) is 12.5. The summed E-state index contributed by atoms with van der Waals surface area (Å²) < 4.78 is 12.2. The molecule has 0 N–H and O–H groups in total. The highest BCUT2D eigenvalue weighted by molar-refractivity contribution is 5.94. The summed E-state index contributed by atoms with van der Waals surface area (Å²) in [6, 6.07) is 5.33. The van der Waals surface area contributed by atoms with Crippen molar-refractivity contribution in [3.8, 4) is 5.75 Å². The van der Waals surface area contributed by atoms with Crippen LogP contribution in [0.25, 0.3) is 10.9 Å². The molecule has 1 aromatic carbocycles. The fraction of sp³-hybridized carbons (Fsp3) is 0.375. The van der Waals surface area contributed by atoms with Crippen LogP contribution >= 0.6 is 0 Å². The van der Waals surface area contributed by atoms with Crippen LogP contribution in [-0.2, 0) is 11.3 Å². The minimum absolute atomic E-state index is 0.0554. The number of hydrogen-bond donors (Lipinski definition) is 0. The van der Waals surface area contributed by atoms with Gasteiger partial charge in [0.1, 0.15) is 11.3 Å². The van der Waals surface area contributed by atoms with Crippen molar-refractivity contribution in [1.82, 2.24) is 4.57 Å². The molecule has 0 radical (unpaired) electrons. The number of rotatable bonds is 5. The van der Waals surface area contributed by atoms with Gasteiger partial charge in [0.2, 0.25) is 5.43 Å². The van der Waals surface area contributed by atoms with Gasteiger partial charge in [0.05, 0.1) is 24.1 Å². The quantitative estimate of drug-likeness (QED) is 0.794. The number of nitrogens with zero attached hydrogens (tertiary/aromatic N) is 1. The van der Waals surface area contributed by atoms with E-state index in [0.717, 1.165) is 5.52 Å². The van der Waals surface area contributed by atoms with Gasteiger partial charge in [-0.2, -0.15) is 0 Å². The molecule has 2 rings (SSSR count). The summed E-state index contributed by atoms with van der Waals surface area (Å²) in [6.45, 7) is 6.95. The zero-order chi connectivity index (χ0) is 15.4. The Morgan fingerprint density at radius 1 is 1.19 bits per heavy atom. The third-order valence-corrected chi connectivity index (χ3v) is 3.20. The molecule has 0 fully saturated rings. The summed E-state index contributed by atoms with van der Waals surface area (Å²) in [5.41, 5.74) is 0.508. The average Bonchev–Trinajstić information content (AvgIpc) is 2.48. The Labute approximate surface area is 123 Å². The summed E-state index contributed by atoms with van der Waals surface area (Å²) >= 11 is 0. The third kappa shape index (κ3) is 2.91. The van der Waals surface area contributed by atoms with E-state index in [4.69, 9.17) is 9.47 Å². The second-order valence-corrected chi connectivity index (χ2v) is 4.49. The first-order valence-corrected chi connectivity index (χ1v) is 7.09. The van der Waals surface area contributed by atoms with E-state index in [-0.39, 0.29) is 17.6 Å². The standard InChI is InChI=1S/C16H19NO4/c1-4-17-10-13(16(19)21-6-3)15(18)12-9-11(20-5-2)7-8-14(12)17/h7-10H,4-6H2,1-3H3. The Balaban J connectivity index is 2.69. The van der Waals surface area contributed by atoms with Gasteiger partial charge in [-0.15, -0.1) is 0 Å². The number of carbonyl (C=O) groups is 1. The van der Waals surface area contributed by atoms with Crippen LogP contribution in [0.2, 0.25) is 0 Å². The molecule has 5 heteroatoms. The largest absolute Gasteiger partial charge is 0.494 e. The molecule has 0 aliphatic heterocycles. The molecule has 0 bridgehead atoms. The van der Waals surface area contributed by atoms with E-state index in [9.17, 15) is 9.59 Å². The molecule has 1 heterocycles. The van der Waals surface area contributed by atoms with E-state index in [1.54, 1.807) is 19.2 Å². The number of pyridine rings is 1. The van der Waals surface area contributed by atoms with Crippen molar-refractivity contribution in [2.45, 2.75) is 27.3 Å². The number of esters is 1. The molecule has 0 saturated heterocycles. The number of aromatic nitrogens is 1. The lowest BCUT2D eigenvalue weighted by Crippen LogP contribution is -2.20. The molecule has 21 heavy (non-hydrogen) atoms. The Morgan fingerprint density at radius 2 is 1.95 bits per heavy atom.